The standard InChI is InChI=1S/C22H30N4O3/c1-23-22(25-15-18-9-10-19(28-4)14-20(18)29-5)24-12-11-16-7-6-8-17(13-16)21(27)26(2)3/h6-10,13-14H,11-12,15H2,1-5H3,(H2,23,24,25). The highest BCUT2D eigenvalue weighted by molar-refractivity contribution is 5.94. The lowest BCUT2D eigenvalue weighted by atomic mass is 10.1. The minimum absolute atomic E-state index is 0.00530. The van der Waals surface area contributed by atoms with Gasteiger partial charge in [0.1, 0.15) is 11.5 Å². The number of nitrogens with zero attached hydrogens (tertiary/aromatic N) is 2. The fourth-order valence-electron chi connectivity index (χ4n) is 2.84. The van der Waals surface area contributed by atoms with Gasteiger partial charge < -0.3 is 25.0 Å². The fourth-order valence-corrected chi connectivity index (χ4v) is 2.84. The van der Waals surface area contributed by atoms with Crippen LogP contribution in [-0.4, -0.2) is 58.7 Å². The Morgan fingerprint density at radius 1 is 1.07 bits per heavy atom. The third-order valence-corrected chi connectivity index (χ3v) is 4.45. The van der Waals surface area contributed by atoms with Crippen LogP contribution >= 0.6 is 0 Å². The summed E-state index contributed by atoms with van der Waals surface area (Å²) in [6, 6.07) is 13.4. The van der Waals surface area contributed by atoms with Crippen molar-refractivity contribution in [2.75, 3.05) is 41.9 Å². The Morgan fingerprint density at radius 3 is 2.52 bits per heavy atom. The lowest BCUT2D eigenvalue weighted by Crippen LogP contribution is -2.37. The first kappa shape index (κ1) is 22.1. The van der Waals surface area contributed by atoms with Gasteiger partial charge in [-0.2, -0.15) is 0 Å². The number of aliphatic imine (C=N–C) groups is 1. The Bertz CT molecular complexity index is 850. The maximum Gasteiger partial charge on any atom is 0.253 e. The lowest BCUT2D eigenvalue weighted by molar-refractivity contribution is 0.0827. The molecule has 0 aliphatic carbocycles. The molecule has 7 heteroatoms. The van der Waals surface area contributed by atoms with E-state index in [9.17, 15) is 4.79 Å². The molecule has 0 saturated heterocycles. The van der Waals surface area contributed by atoms with Gasteiger partial charge in [0.05, 0.1) is 14.2 Å². The molecule has 0 spiro atoms. The summed E-state index contributed by atoms with van der Waals surface area (Å²) in [6.07, 6.45) is 0.779. The van der Waals surface area contributed by atoms with E-state index in [4.69, 9.17) is 9.47 Å². The second-order valence-electron chi connectivity index (χ2n) is 6.68. The van der Waals surface area contributed by atoms with Crippen molar-refractivity contribution in [3.63, 3.8) is 0 Å². The van der Waals surface area contributed by atoms with Crippen LogP contribution in [0.3, 0.4) is 0 Å². The van der Waals surface area contributed by atoms with Crippen LogP contribution < -0.4 is 20.1 Å². The SMILES string of the molecule is CN=C(NCCc1cccc(C(=O)N(C)C)c1)NCc1ccc(OC)cc1OC. The molecule has 2 aromatic carbocycles. The van der Waals surface area contributed by atoms with E-state index in [2.05, 4.69) is 15.6 Å². The average Bonchev–Trinajstić information content (AvgIpc) is 2.75. The molecule has 0 atom stereocenters. The Labute approximate surface area is 172 Å². The fraction of sp³-hybridized carbons (Fsp3) is 0.364. The zero-order chi connectivity index (χ0) is 21.2. The number of carbonyl (C=O) groups is 1. The minimum Gasteiger partial charge on any atom is -0.497 e. The third kappa shape index (κ3) is 6.41. The van der Waals surface area contributed by atoms with E-state index in [1.807, 2.05) is 42.5 Å². The van der Waals surface area contributed by atoms with Crippen LogP contribution in [0.2, 0.25) is 0 Å². The second kappa shape index (κ2) is 10.9. The van der Waals surface area contributed by atoms with E-state index in [1.54, 1.807) is 40.3 Å². The molecular formula is C22H30N4O3. The third-order valence-electron chi connectivity index (χ3n) is 4.45. The van der Waals surface area contributed by atoms with E-state index >= 15 is 0 Å². The Morgan fingerprint density at radius 2 is 1.86 bits per heavy atom. The summed E-state index contributed by atoms with van der Waals surface area (Å²) < 4.78 is 10.7. The number of amides is 1. The van der Waals surface area contributed by atoms with E-state index in [0.717, 1.165) is 29.0 Å². The molecular weight excluding hydrogens is 368 g/mol. The van der Waals surface area contributed by atoms with Gasteiger partial charge in [0.2, 0.25) is 0 Å². The van der Waals surface area contributed by atoms with Crippen LogP contribution in [0, 0.1) is 0 Å². The molecule has 0 radical (unpaired) electrons. The van der Waals surface area contributed by atoms with Crippen LogP contribution in [0.15, 0.2) is 47.5 Å². The van der Waals surface area contributed by atoms with Crippen molar-refractivity contribution in [2.45, 2.75) is 13.0 Å². The molecule has 7 nitrogen and oxygen atoms in total. The van der Waals surface area contributed by atoms with Crippen LogP contribution in [0.5, 0.6) is 11.5 Å². The summed E-state index contributed by atoms with van der Waals surface area (Å²) in [5.41, 5.74) is 2.80. The van der Waals surface area contributed by atoms with E-state index in [1.165, 1.54) is 0 Å². The first-order valence-electron chi connectivity index (χ1n) is 9.44. The van der Waals surface area contributed by atoms with E-state index in [-0.39, 0.29) is 5.91 Å². The Hall–Kier alpha value is -3.22. The maximum atomic E-state index is 12.1. The monoisotopic (exact) mass is 398 g/mol. The van der Waals surface area contributed by atoms with Crippen LogP contribution in [0.25, 0.3) is 0 Å². The van der Waals surface area contributed by atoms with Gasteiger partial charge in [-0.3, -0.25) is 9.79 Å². The van der Waals surface area contributed by atoms with Gasteiger partial charge in [0.25, 0.3) is 5.91 Å². The molecule has 0 aliphatic rings. The Kier molecular flexibility index (Phi) is 8.33. The van der Waals surface area contributed by atoms with Crippen molar-refractivity contribution < 1.29 is 14.3 Å². The quantitative estimate of drug-likeness (QED) is 0.527. The summed E-state index contributed by atoms with van der Waals surface area (Å²) in [5, 5.41) is 6.58. The molecule has 0 unspecified atom stereocenters. The van der Waals surface area contributed by atoms with E-state index in [0.29, 0.717) is 24.6 Å². The van der Waals surface area contributed by atoms with Crippen molar-refractivity contribution in [2.24, 2.45) is 4.99 Å². The number of rotatable bonds is 8. The highest BCUT2D eigenvalue weighted by Gasteiger charge is 2.09. The first-order valence-corrected chi connectivity index (χ1v) is 9.44. The molecule has 2 aromatic rings. The largest absolute Gasteiger partial charge is 0.497 e. The summed E-state index contributed by atoms with van der Waals surface area (Å²) in [7, 11) is 8.51. The van der Waals surface area contributed by atoms with Crippen LogP contribution in [-0.2, 0) is 13.0 Å². The smallest absolute Gasteiger partial charge is 0.253 e. The summed E-state index contributed by atoms with van der Waals surface area (Å²) in [6.45, 7) is 1.26. The zero-order valence-electron chi connectivity index (χ0n) is 17.8. The van der Waals surface area contributed by atoms with Gasteiger partial charge in [-0.05, 0) is 36.2 Å². The van der Waals surface area contributed by atoms with Crippen LogP contribution in [0.4, 0.5) is 0 Å². The molecule has 0 aliphatic heterocycles. The number of guanidine groups is 1. The summed E-state index contributed by atoms with van der Waals surface area (Å²) >= 11 is 0. The highest BCUT2D eigenvalue weighted by Crippen LogP contribution is 2.24. The maximum absolute atomic E-state index is 12.1. The minimum atomic E-state index is 0.00530. The molecule has 2 rings (SSSR count). The number of hydrogen-bond donors (Lipinski definition) is 2. The number of ether oxygens (including phenoxy) is 2. The number of hydrogen-bond acceptors (Lipinski definition) is 4. The normalized spacial score (nSPS) is 11.0. The van der Waals surface area contributed by atoms with Crippen molar-refractivity contribution in [3.8, 4) is 11.5 Å². The summed E-state index contributed by atoms with van der Waals surface area (Å²) in [5.74, 6) is 2.21. The van der Waals surface area contributed by atoms with Gasteiger partial charge in [0, 0.05) is 51.4 Å². The van der Waals surface area contributed by atoms with Gasteiger partial charge in [0.15, 0.2) is 5.96 Å². The van der Waals surface area contributed by atoms with E-state index < -0.39 is 0 Å². The number of nitrogens with one attached hydrogen (secondary N) is 2. The molecule has 0 saturated carbocycles. The van der Waals surface area contributed by atoms with Gasteiger partial charge >= 0.3 is 0 Å². The lowest BCUT2D eigenvalue weighted by Gasteiger charge is -2.15. The second-order valence-corrected chi connectivity index (χ2v) is 6.68. The molecule has 2 N–H and O–H groups in total. The predicted molar refractivity (Wildman–Crippen MR) is 116 cm³/mol. The van der Waals surface area contributed by atoms with Gasteiger partial charge in [-0.25, -0.2) is 0 Å². The van der Waals surface area contributed by atoms with Gasteiger partial charge in [-0.15, -0.1) is 0 Å². The summed E-state index contributed by atoms with van der Waals surface area (Å²) in [4.78, 5) is 17.9. The molecule has 156 valence electrons. The Balaban J connectivity index is 1.89. The molecule has 0 aromatic heterocycles. The first-order chi connectivity index (χ1) is 14.0. The molecule has 0 bridgehead atoms. The highest BCUT2D eigenvalue weighted by atomic mass is 16.5. The van der Waals surface area contributed by atoms with Crippen molar-refractivity contribution >= 4 is 11.9 Å². The average molecular weight is 399 g/mol. The molecule has 0 heterocycles. The van der Waals surface area contributed by atoms with Gasteiger partial charge in [-0.1, -0.05) is 12.1 Å². The van der Waals surface area contributed by atoms with Crippen molar-refractivity contribution in [3.05, 3.63) is 59.2 Å². The predicted octanol–water partition coefficient (Wildman–Crippen LogP) is 2.31. The molecule has 1 amide bonds. The van der Waals surface area contributed by atoms with Crippen LogP contribution in [0.1, 0.15) is 21.5 Å². The van der Waals surface area contributed by atoms with Crippen molar-refractivity contribution in [1.82, 2.24) is 15.5 Å². The topological polar surface area (TPSA) is 75.2 Å². The molecule has 29 heavy (non-hydrogen) atoms. The number of benzene rings is 2. The molecule has 0 fully saturated rings. The van der Waals surface area contributed by atoms with Crippen molar-refractivity contribution in [1.29, 1.82) is 0 Å². The number of methoxy groups -OCH3 is 2. The zero-order valence-corrected chi connectivity index (χ0v) is 17.8. The number of carbonyl (C=O) groups excluding carboxylic acids is 1.